The molecule has 1 aromatic heterocycles. The average molecular weight is 685 g/mol. The van der Waals surface area contributed by atoms with Crippen LogP contribution in [0, 0.1) is 5.82 Å². The predicted molar refractivity (Wildman–Crippen MR) is 173 cm³/mol. The lowest BCUT2D eigenvalue weighted by atomic mass is 9.95. The summed E-state index contributed by atoms with van der Waals surface area (Å²) in [5, 5.41) is 10.5. The van der Waals surface area contributed by atoms with Crippen LogP contribution in [0.5, 0.6) is 0 Å². The minimum absolute atomic E-state index is 0.0194. The topological polar surface area (TPSA) is 59.3 Å². The molecule has 6 rings (SSSR count). The Balaban J connectivity index is 1.68. The first-order valence-corrected chi connectivity index (χ1v) is 15.5. The number of halogens is 6. The molecule has 0 aliphatic rings. The number of rotatable bonds is 7. The highest BCUT2D eigenvalue weighted by molar-refractivity contribution is 7.83. The van der Waals surface area contributed by atoms with Gasteiger partial charge in [0.25, 0.3) is 6.43 Å². The van der Waals surface area contributed by atoms with E-state index < -0.39 is 29.2 Å². The molecule has 1 atom stereocenters. The zero-order valence-electron chi connectivity index (χ0n) is 22.8. The molecule has 1 N–H and O–H groups in total. The summed E-state index contributed by atoms with van der Waals surface area (Å²) in [7, 11) is -2.02. The molecule has 0 radical (unpaired) electrons. The smallest absolute Gasteiger partial charge is 0.335 e. The first-order chi connectivity index (χ1) is 21.5. The molecule has 0 amide bonds. The zero-order chi connectivity index (χ0) is 32.0. The number of carbonyl (C=O) groups is 1. The van der Waals surface area contributed by atoms with Gasteiger partial charge in [-0.3, -0.25) is 3.97 Å². The van der Waals surface area contributed by atoms with E-state index in [-0.39, 0.29) is 31.1 Å². The van der Waals surface area contributed by atoms with Crippen LogP contribution < -0.4 is 0 Å². The first kappa shape index (κ1) is 30.9. The molecule has 0 aliphatic heterocycles. The molecule has 0 spiro atoms. The summed E-state index contributed by atoms with van der Waals surface area (Å²) in [6, 6.07) is 25.5. The molecule has 0 bridgehead atoms. The van der Waals surface area contributed by atoms with E-state index in [0.29, 0.717) is 44.4 Å². The number of hydrogen-bond acceptors (Lipinski definition) is 2. The summed E-state index contributed by atoms with van der Waals surface area (Å²) in [6.07, 6.45) is -2.70. The summed E-state index contributed by atoms with van der Waals surface area (Å²) < 4.78 is 57.4. The molecule has 1 unspecified atom stereocenters. The fourth-order valence-electron chi connectivity index (χ4n) is 5.21. The monoisotopic (exact) mass is 683 g/mol. The van der Waals surface area contributed by atoms with Crippen LogP contribution in [-0.4, -0.2) is 19.3 Å². The van der Waals surface area contributed by atoms with Crippen LogP contribution in [0.25, 0.3) is 44.4 Å². The molecular formula is C34H19Cl3F3NO3S. The van der Waals surface area contributed by atoms with E-state index in [9.17, 15) is 27.3 Å². The van der Waals surface area contributed by atoms with Crippen molar-refractivity contribution in [2.45, 2.75) is 11.3 Å². The van der Waals surface area contributed by atoms with E-state index in [1.165, 1.54) is 58.6 Å². The number of fused-ring (bicyclic) bond motifs is 1. The predicted octanol–water partition coefficient (Wildman–Crippen LogP) is 10.9. The Kier molecular flexibility index (Phi) is 8.50. The van der Waals surface area contributed by atoms with Gasteiger partial charge in [0.2, 0.25) is 0 Å². The van der Waals surface area contributed by atoms with Gasteiger partial charge in [-0.25, -0.2) is 22.2 Å². The van der Waals surface area contributed by atoms with Crippen molar-refractivity contribution in [3.05, 3.63) is 135 Å². The van der Waals surface area contributed by atoms with Gasteiger partial charge in [0.15, 0.2) is 11.0 Å². The first-order valence-electron chi connectivity index (χ1n) is 13.3. The molecule has 45 heavy (non-hydrogen) atoms. The SMILES string of the molecule is O=C(O)c1ccc(-c2cccc(-c3c(-c4c(Cl)cccc4Cl)c4cc(F)ccc4n3S(=O)c3ccc(C(F)F)cc3)c2)c(Cl)c1. The second-order valence-electron chi connectivity index (χ2n) is 9.98. The van der Waals surface area contributed by atoms with E-state index in [1.54, 1.807) is 48.5 Å². The number of alkyl halides is 2. The minimum Gasteiger partial charge on any atom is -0.478 e. The maximum absolute atomic E-state index is 14.9. The highest BCUT2D eigenvalue weighted by Gasteiger charge is 2.27. The molecule has 6 aromatic rings. The molecule has 0 saturated heterocycles. The maximum atomic E-state index is 14.9. The van der Waals surface area contributed by atoms with Crippen LogP contribution in [0.3, 0.4) is 0 Å². The van der Waals surface area contributed by atoms with Gasteiger partial charge in [-0.1, -0.05) is 77.3 Å². The highest BCUT2D eigenvalue weighted by Crippen LogP contribution is 2.48. The van der Waals surface area contributed by atoms with Crippen LogP contribution in [0.15, 0.2) is 108 Å². The molecule has 0 fully saturated rings. The fourth-order valence-corrected chi connectivity index (χ4v) is 7.37. The van der Waals surface area contributed by atoms with Gasteiger partial charge in [-0.2, -0.15) is 0 Å². The van der Waals surface area contributed by atoms with Gasteiger partial charge in [0.05, 0.1) is 21.7 Å². The van der Waals surface area contributed by atoms with Gasteiger partial charge in [-0.15, -0.1) is 0 Å². The zero-order valence-corrected chi connectivity index (χ0v) is 25.9. The fraction of sp³-hybridized carbons (Fsp3) is 0.0294. The molecule has 0 saturated carbocycles. The number of hydrogen-bond donors (Lipinski definition) is 1. The summed E-state index contributed by atoms with van der Waals surface area (Å²) in [4.78, 5) is 11.7. The normalized spacial score (nSPS) is 12.2. The Morgan fingerprint density at radius 2 is 1.42 bits per heavy atom. The van der Waals surface area contributed by atoms with E-state index in [1.807, 2.05) is 0 Å². The van der Waals surface area contributed by atoms with E-state index in [0.717, 1.165) is 0 Å². The number of carboxylic acid groups (broad SMARTS) is 1. The lowest BCUT2D eigenvalue weighted by molar-refractivity contribution is 0.0697. The van der Waals surface area contributed by atoms with Crippen LogP contribution >= 0.6 is 34.8 Å². The Labute approximate surface area is 272 Å². The van der Waals surface area contributed by atoms with Gasteiger partial charge in [0, 0.05) is 48.3 Å². The van der Waals surface area contributed by atoms with E-state index in [2.05, 4.69) is 0 Å². The Morgan fingerprint density at radius 3 is 2.07 bits per heavy atom. The van der Waals surface area contributed by atoms with Crippen LogP contribution in [-0.2, 0) is 11.0 Å². The number of benzene rings is 5. The van der Waals surface area contributed by atoms with Gasteiger partial charge < -0.3 is 5.11 Å². The van der Waals surface area contributed by atoms with Gasteiger partial charge >= 0.3 is 5.97 Å². The summed E-state index contributed by atoms with van der Waals surface area (Å²) in [5.74, 6) is -1.68. The number of aromatic carboxylic acids is 1. The highest BCUT2D eigenvalue weighted by atomic mass is 35.5. The summed E-state index contributed by atoms with van der Waals surface area (Å²) >= 11 is 19.9. The second kappa shape index (κ2) is 12.4. The van der Waals surface area contributed by atoms with Crippen LogP contribution in [0.4, 0.5) is 13.2 Å². The Hall–Kier alpha value is -4.08. The van der Waals surface area contributed by atoms with E-state index in [4.69, 9.17) is 34.8 Å². The van der Waals surface area contributed by atoms with E-state index >= 15 is 0 Å². The molecule has 1 heterocycles. The van der Waals surface area contributed by atoms with Crippen molar-refractivity contribution in [3.63, 3.8) is 0 Å². The van der Waals surface area contributed by atoms with Crippen molar-refractivity contribution in [1.82, 2.24) is 3.97 Å². The van der Waals surface area contributed by atoms with Crippen molar-refractivity contribution in [1.29, 1.82) is 0 Å². The third-order valence-electron chi connectivity index (χ3n) is 7.26. The number of nitrogens with zero attached hydrogens (tertiary/aromatic N) is 1. The molecule has 4 nitrogen and oxygen atoms in total. The molecule has 5 aromatic carbocycles. The molecular weight excluding hydrogens is 666 g/mol. The quantitative estimate of drug-likeness (QED) is 0.182. The Bertz CT molecular complexity index is 2130. The van der Waals surface area contributed by atoms with Gasteiger partial charge in [0.1, 0.15) is 5.82 Å². The molecule has 11 heteroatoms. The Morgan fingerprint density at radius 1 is 0.756 bits per heavy atom. The van der Waals surface area contributed by atoms with Crippen molar-refractivity contribution in [2.75, 3.05) is 0 Å². The lowest BCUT2D eigenvalue weighted by Crippen LogP contribution is -2.07. The van der Waals surface area contributed by atoms with Crippen molar-refractivity contribution in [2.24, 2.45) is 0 Å². The van der Waals surface area contributed by atoms with Crippen molar-refractivity contribution in [3.8, 4) is 33.5 Å². The largest absolute Gasteiger partial charge is 0.478 e. The standard InChI is InChI=1S/C34H19Cl3F3NO3S/c35-26-5-2-6-27(36)31(26)30-25-17-22(38)10-14-29(25)41(45(44)23-11-7-18(8-12-23)33(39)40)32(30)20-4-1-3-19(15-20)24-13-9-21(34(42)43)16-28(24)37/h1-17,33H,(H,42,43). The van der Waals surface area contributed by atoms with Crippen LogP contribution in [0.1, 0.15) is 22.3 Å². The number of aromatic nitrogens is 1. The number of carboxylic acids is 1. The van der Waals surface area contributed by atoms with Crippen molar-refractivity contribution < 1.29 is 27.3 Å². The average Bonchev–Trinajstić information content (AvgIpc) is 3.34. The summed E-state index contributed by atoms with van der Waals surface area (Å²) in [6.45, 7) is 0. The maximum Gasteiger partial charge on any atom is 0.335 e. The van der Waals surface area contributed by atoms with Gasteiger partial charge in [-0.05, 0) is 66.2 Å². The van der Waals surface area contributed by atoms with Crippen molar-refractivity contribution >= 4 is 62.7 Å². The molecule has 0 aliphatic carbocycles. The van der Waals surface area contributed by atoms with Crippen LogP contribution in [0.2, 0.25) is 15.1 Å². The third-order valence-corrected chi connectivity index (χ3v) is 9.59. The molecule has 226 valence electrons. The summed E-state index contributed by atoms with van der Waals surface area (Å²) in [5.41, 5.74) is 2.99. The minimum atomic E-state index is -2.70. The second-order valence-corrected chi connectivity index (χ2v) is 12.5. The lowest BCUT2D eigenvalue weighted by Gasteiger charge is -2.15. The third kappa shape index (κ3) is 5.75.